The number of nitrogens with zero attached hydrogens (tertiary/aromatic N) is 4. The van der Waals surface area contributed by atoms with Crippen molar-refractivity contribution >= 4 is 10.0 Å². The van der Waals surface area contributed by atoms with Crippen molar-refractivity contribution in [2.24, 2.45) is 0 Å². The molecule has 1 aromatic heterocycles. The number of ether oxygens (including phenoxy) is 1. The van der Waals surface area contributed by atoms with Gasteiger partial charge in [-0.2, -0.15) is 4.31 Å². The maximum Gasteiger partial charge on any atom is 0.243 e. The van der Waals surface area contributed by atoms with Gasteiger partial charge in [0, 0.05) is 56.0 Å². The molecule has 1 saturated heterocycles. The lowest BCUT2D eigenvalue weighted by Crippen LogP contribution is -2.29. The van der Waals surface area contributed by atoms with Gasteiger partial charge in [-0.05, 0) is 37.7 Å². The maximum absolute atomic E-state index is 12.9. The van der Waals surface area contributed by atoms with Crippen LogP contribution in [-0.4, -0.2) is 61.4 Å². The largest absolute Gasteiger partial charge is 0.497 e. The van der Waals surface area contributed by atoms with Gasteiger partial charge >= 0.3 is 0 Å². The van der Waals surface area contributed by atoms with E-state index < -0.39 is 10.0 Å². The number of aromatic nitrogens is 2. The first kappa shape index (κ1) is 18.3. The molecule has 27 heavy (non-hydrogen) atoms. The van der Waals surface area contributed by atoms with Crippen molar-refractivity contribution in [2.75, 3.05) is 33.8 Å². The standard InChI is InChI=1S/C19H24N4O3S/c1-22-9-8-18-15(12-22)11-20-19(21-18)14-7-10-23(13-14)27(24,25)17-5-3-16(26-2)4-6-17/h3-6,11,14H,7-10,12-13H2,1-2H3. The minimum absolute atomic E-state index is 0.0444. The Labute approximate surface area is 160 Å². The second-order valence-corrected chi connectivity index (χ2v) is 9.15. The second-order valence-electron chi connectivity index (χ2n) is 7.21. The number of likely N-dealkylation sites (N-methyl/N-ethyl adjacent to an activating group) is 1. The lowest BCUT2D eigenvalue weighted by atomic mass is 10.1. The zero-order valence-corrected chi connectivity index (χ0v) is 16.4. The van der Waals surface area contributed by atoms with Crippen LogP contribution in [0, 0.1) is 0 Å². The normalized spacial score (nSPS) is 21.2. The predicted octanol–water partition coefficient (Wildman–Crippen LogP) is 1.65. The monoisotopic (exact) mass is 388 g/mol. The third-order valence-electron chi connectivity index (χ3n) is 5.36. The van der Waals surface area contributed by atoms with E-state index >= 15 is 0 Å². The van der Waals surface area contributed by atoms with Gasteiger partial charge in [0.15, 0.2) is 0 Å². The van der Waals surface area contributed by atoms with Gasteiger partial charge in [0.1, 0.15) is 11.6 Å². The van der Waals surface area contributed by atoms with Gasteiger partial charge in [0.25, 0.3) is 0 Å². The molecule has 0 N–H and O–H groups in total. The molecule has 2 aliphatic rings. The van der Waals surface area contributed by atoms with Crippen molar-refractivity contribution in [1.29, 1.82) is 0 Å². The molecule has 2 aliphatic heterocycles. The summed E-state index contributed by atoms with van der Waals surface area (Å²) >= 11 is 0. The van der Waals surface area contributed by atoms with Crippen LogP contribution in [0.1, 0.15) is 29.4 Å². The van der Waals surface area contributed by atoms with E-state index in [2.05, 4.69) is 16.9 Å². The SMILES string of the molecule is COc1ccc(S(=O)(=O)N2CCC(c3ncc4c(n3)CCN(C)C4)C2)cc1. The maximum atomic E-state index is 12.9. The highest BCUT2D eigenvalue weighted by Crippen LogP contribution is 2.30. The number of sulfonamides is 1. The fourth-order valence-corrected chi connectivity index (χ4v) is 5.22. The summed E-state index contributed by atoms with van der Waals surface area (Å²) in [7, 11) is 0.140. The molecular weight excluding hydrogens is 364 g/mol. The number of benzene rings is 1. The van der Waals surface area contributed by atoms with Gasteiger partial charge in [-0.15, -0.1) is 0 Å². The molecule has 0 bridgehead atoms. The minimum Gasteiger partial charge on any atom is -0.497 e. The zero-order valence-electron chi connectivity index (χ0n) is 15.6. The van der Waals surface area contributed by atoms with Gasteiger partial charge in [-0.1, -0.05) is 0 Å². The van der Waals surface area contributed by atoms with Crippen molar-refractivity contribution in [2.45, 2.75) is 30.2 Å². The molecule has 3 heterocycles. The van der Waals surface area contributed by atoms with E-state index in [9.17, 15) is 8.42 Å². The highest BCUT2D eigenvalue weighted by molar-refractivity contribution is 7.89. The van der Waals surface area contributed by atoms with Crippen LogP contribution < -0.4 is 4.74 Å². The van der Waals surface area contributed by atoms with Crippen LogP contribution in [-0.2, 0) is 23.0 Å². The highest BCUT2D eigenvalue weighted by Gasteiger charge is 2.34. The second kappa shape index (κ2) is 7.18. The predicted molar refractivity (Wildman–Crippen MR) is 101 cm³/mol. The Bertz CT molecular complexity index is 930. The van der Waals surface area contributed by atoms with E-state index in [1.54, 1.807) is 31.4 Å². The van der Waals surface area contributed by atoms with E-state index in [0.717, 1.165) is 37.4 Å². The average Bonchev–Trinajstić information content (AvgIpc) is 3.19. The molecule has 8 heteroatoms. The summed E-state index contributed by atoms with van der Waals surface area (Å²) in [6, 6.07) is 6.52. The van der Waals surface area contributed by atoms with Crippen LogP contribution in [0.4, 0.5) is 0 Å². The first-order chi connectivity index (χ1) is 13.0. The fourth-order valence-electron chi connectivity index (χ4n) is 3.72. The Morgan fingerprint density at radius 2 is 1.96 bits per heavy atom. The first-order valence-electron chi connectivity index (χ1n) is 9.15. The lowest BCUT2D eigenvalue weighted by Gasteiger charge is -2.24. The molecule has 2 aromatic rings. The van der Waals surface area contributed by atoms with Gasteiger partial charge in [0.2, 0.25) is 10.0 Å². The Balaban J connectivity index is 1.51. The fraction of sp³-hybridized carbons (Fsp3) is 0.474. The highest BCUT2D eigenvalue weighted by atomic mass is 32.2. The topological polar surface area (TPSA) is 75.6 Å². The van der Waals surface area contributed by atoms with Crippen molar-refractivity contribution in [3.8, 4) is 5.75 Å². The Kier molecular flexibility index (Phi) is 4.88. The smallest absolute Gasteiger partial charge is 0.243 e. The molecule has 1 unspecified atom stereocenters. The third-order valence-corrected chi connectivity index (χ3v) is 7.24. The van der Waals surface area contributed by atoms with Crippen LogP contribution in [0.25, 0.3) is 0 Å². The van der Waals surface area contributed by atoms with E-state index in [1.165, 1.54) is 9.87 Å². The van der Waals surface area contributed by atoms with E-state index in [4.69, 9.17) is 9.72 Å². The van der Waals surface area contributed by atoms with E-state index in [-0.39, 0.29) is 5.92 Å². The molecule has 1 aromatic carbocycles. The van der Waals surface area contributed by atoms with Gasteiger partial charge < -0.3 is 9.64 Å². The zero-order chi connectivity index (χ0) is 19.0. The Morgan fingerprint density at radius 1 is 1.19 bits per heavy atom. The Hall–Kier alpha value is -2.03. The van der Waals surface area contributed by atoms with Crippen LogP contribution in [0.15, 0.2) is 35.4 Å². The van der Waals surface area contributed by atoms with E-state index in [1.807, 2.05) is 6.20 Å². The summed E-state index contributed by atoms with van der Waals surface area (Å²) in [5.41, 5.74) is 2.28. The van der Waals surface area contributed by atoms with Crippen LogP contribution in [0.2, 0.25) is 0 Å². The molecular formula is C19H24N4O3S. The minimum atomic E-state index is -3.51. The van der Waals surface area contributed by atoms with Gasteiger partial charge in [-0.3, -0.25) is 0 Å². The number of methoxy groups -OCH3 is 1. The molecule has 0 saturated carbocycles. The number of rotatable bonds is 4. The van der Waals surface area contributed by atoms with Crippen molar-refractivity contribution in [3.63, 3.8) is 0 Å². The summed E-state index contributed by atoms with van der Waals surface area (Å²) < 4.78 is 32.5. The molecule has 0 radical (unpaired) electrons. The quantitative estimate of drug-likeness (QED) is 0.793. The molecule has 0 amide bonds. The molecule has 7 nitrogen and oxygen atoms in total. The Morgan fingerprint density at radius 3 is 2.70 bits per heavy atom. The van der Waals surface area contributed by atoms with Crippen LogP contribution in [0.3, 0.4) is 0 Å². The van der Waals surface area contributed by atoms with Crippen molar-refractivity contribution in [1.82, 2.24) is 19.2 Å². The molecule has 144 valence electrons. The van der Waals surface area contributed by atoms with Crippen LogP contribution >= 0.6 is 0 Å². The summed E-state index contributed by atoms with van der Waals surface area (Å²) in [4.78, 5) is 11.9. The summed E-state index contributed by atoms with van der Waals surface area (Å²) in [6.45, 7) is 2.78. The van der Waals surface area contributed by atoms with Crippen LogP contribution in [0.5, 0.6) is 5.75 Å². The first-order valence-corrected chi connectivity index (χ1v) is 10.6. The number of hydrogen-bond donors (Lipinski definition) is 0. The molecule has 1 atom stereocenters. The summed E-state index contributed by atoms with van der Waals surface area (Å²) in [6.07, 6.45) is 3.57. The van der Waals surface area contributed by atoms with Crippen molar-refractivity contribution in [3.05, 3.63) is 47.5 Å². The van der Waals surface area contributed by atoms with Gasteiger partial charge in [-0.25, -0.2) is 18.4 Å². The molecule has 4 rings (SSSR count). The third kappa shape index (κ3) is 3.56. The summed E-state index contributed by atoms with van der Waals surface area (Å²) in [5, 5.41) is 0. The molecule has 1 fully saturated rings. The number of fused-ring (bicyclic) bond motifs is 1. The molecule has 0 aliphatic carbocycles. The summed E-state index contributed by atoms with van der Waals surface area (Å²) in [5.74, 6) is 1.45. The molecule has 0 spiro atoms. The van der Waals surface area contributed by atoms with E-state index in [0.29, 0.717) is 23.7 Å². The average molecular weight is 388 g/mol. The van der Waals surface area contributed by atoms with Gasteiger partial charge in [0.05, 0.1) is 12.0 Å². The van der Waals surface area contributed by atoms with Crippen molar-refractivity contribution < 1.29 is 13.2 Å². The lowest BCUT2D eigenvalue weighted by molar-refractivity contribution is 0.308. The number of hydrogen-bond acceptors (Lipinski definition) is 6.